The maximum Gasteiger partial charge on any atom is 0.229 e. The third-order valence-corrected chi connectivity index (χ3v) is 3.86. The first kappa shape index (κ1) is 17.5. The monoisotopic (exact) mass is 349 g/mol. The quantitative estimate of drug-likeness (QED) is 0.690. The van der Waals surface area contributed by atoms with Gasteiger partial charge in [-0.05, 0) is 55.5 Å². The molecule has 0 aliphatic carbocycles. The van der Waals surface area contributed by atoms with Crippen LogP contribution in [0.25, 0.3) is 0 Å². The Hall–Kier alpha value is -3.28. The lowest BCUT2D eigenvalue weighted by Crippen LogP contribution is -2.08. The van der Waals surface area contributed by atoms with Crippen molar-refractivity contribution in [3.63, 3.8) is 0 Å². The van der Waals surface area contributed by atoms with Gasteiger partial charge in [0, 0.05) is 42.9 Å². The average Bonchev–Trinajstić information content (AvgIpc) is 2.62. The summed E-state index contributed by atoms with van der Waals surface area (Å²) in [4.78, 5) is 11.1. The fraction of sp³-hybridized carbons (Fsp3) is 0.200. The largest absolute Gasteiger partial charge is 0.497 e. The molecule has 3 aromatic rings. The Labute approximate surface area is 153 Å². The van der Waals surface area contributed by atoms with E-state index < -0.39 is 0 Å². The standard InChI is InChI=1S/C20H23N5O/c1-14-13-19(22-15-7-11-18(26-4)12-8-15)24-20(21-14)23-16-5-9-17(10-6-16)25(2)3/h5-13H,1-4H3,(H2,21,22,23,24). The molecule has 134 valence electrons. The Kier molecular flexibility index (Phi) is 5.22. The van der Waals surface area contributed by atoms with Crippen LogP contribution < -0.4 is 20.3 Å². The van der Waals surface area contributed by atoms with Gasteiger partial charge in [0.25, 0.3) is 0 Å². The van der Waals surface area contributed by atoms with Gasteiger partial charge >= 0.3 is 0 Å². The molecular weight excluding hydrogens is 326 g/mol. The zero-order valence-electron chi connectivity index (χ0n) is 15.4. The van der Waals surface area contributed by atoms with Crippen LogP contribution in [0, 0.1) is 6.92 Å². The van der Waals surface area contributed by atoms with Crippen LogP contribution in [0.4, 0.5) is 28.8 Å². The maximum absolute atomic E-state index is 5.18. The number of benzene rings is 2. The van der Waals surface area contributed by atoms with E-state index in [2.05, 4.69) is 37.6 Å². The van der Waals surface area contributed by atoms with Crippen molar-refractivity contribution in [3.8, 4) is 5.75 Å². The number of hydrogen-bond donors (Lipinski definition) is 2. The molecule has 0 aliphatic heterocycles. The average molecular weight is 349 g/mol. The minimum Gasteiger partial charge on any atom is -0.497 e. The summed E-state index contributed by atoms with van der Waals surface area (Å²) in [6.45, 7) is 1.95. The van der Waals surface area contributed by atoms with Gasteiger partial charge in [-0.2, -0.15) is 4.98 Å². The highest BCUT2D eigenvalue weighted by Crippen LogP contribution is 2.22. The van der Waals surface area contributed by atoms with Gasteiger partial charge in [-0.1, -0.05) is 0 Å². The van der Waals surface area contributed by atoms with Gasteiger partial charge in [-0.15, -0.1) is 0 Å². The minimum atomic E-state index is 0.554. The summed E-state index contributed by atoms with van der Waals surface area (Å²) < 4.78 is 5.18. The molecule has 3 rings (SSSR count). The molecule has 0 unspecified atom stereocenters. The van der Waals surface area contributed by atoms with E-state index in [1.807, 2.05) is 63.5 Å². The summed E-state index contributed by atoms with van der Waals surface area (Å²) >= 11 is 0. The number of anilines is 5. The molecule has 0 saturated carbocycles. The second kappa shape index (κ2) is 7.74. The van der Waals surface area contributed by atoms with Crippen LogP contribution in [0.5, 0.6) is 5.75 Å². The van der Waals surface area contributed by atoms with E-state index >= 15 is 0 Å². The summed E-state index contributed by atoms with van der Waals surface area (Å²) in [5.41, 5.74) is 3.90. The molecule has 26 heavy (non-hydrogen) atoms. The Morgan fingerprint density at radius 2 is 1.46 bits per heavy atom. The molecule has 1 aromatic heterocycles. The minimum absolute atomic E-state index is 0.554. The van der Waals surface area contributed by atoms with Crippen LogP contribution in [-0.2, 0) is 0 Å². The van der Waals surface area contributed by atoms with Crippen molar-refractivity contribution >= 4 is 28.8 Å². The molecule has 0 bridgehead atoms. The molecule has 6 heteroatoms. The van der Waals surface area contributed by atoms with Crippen molar-refractivity contribution in [1.82, 2.24) is 9.97 Å². The highest BCUT2D eigenvalue weighted by atomic mass is 16.5. The van der Waals surface area contributed by atoms with Crippen molar-refractivity contribution in [2.75, 3.05) is 36.7 Å². The van der Waals surface area contributed by atoms with Gasteiger partial charge in [0.15, 0.2) is 0 Å². The second-order valence-electron chi connectivity index (χ2n) is 6.14. The van der Waals surface area contributed by atoms with Gasteiger partial charge in [-0.25, -0.2) is 4.98 Å². The van der Waals surface area contributed by atoms with Crippen molar-refractivity contribution in [3.05, 3.63) is 60.3 Å². The number of ether oxygens (including phenoxy) is 1. The van der Waals surface area contributed by atoms with Gasteiger partial charge < -0.3 is 20.3 Å². The number of methoxy groups -OCH3 is 1. The lowest BCUT2D eigenvalue weighted by molar-refractivity contribution is 0.415. The summed E-state index contributed by atoms with van der Waals surface area (Å²) in [5, 5.41) is 6.55. The molecule has 2 aromatic carbocycles. The fourth-order valence-corrected chi connectivity index (χ4v) is 2.48. The molecule has 0 amide bonds. The third-order valence-electron chi connectivity index (χ3n) is 3.86. The van der Waals surface area contributed by atoms with Crippen molar-refractivity contribution in [2.24, 2.45) is 0 Å². The van der Waals surface area contributed by atoms with Crippen molar-refractivity contribution in [1.29, 1.82) is 0 Å². The number of hydrogen-bond acceptors (Lipinski definition) is 6. The maximum atomic E-state index is 5.18. The lowest BCUT2D eigenvalue weighted by atomic mass is 10.2. The van der Waals surface area contributed by atoms with Crippen LogP contribution in [0.15, 0.2) is 54.6 Å². The van der Waals surface area contributed by atoms with Gasteiger partial charge in [0.1, 0.15) is 11.6 Å². The van der Waals surface area contributed by atoms with E-state index in [1.54, 1.807) is 7.11 Å². The van der Waals surface area contributed by atoms with E-state index in [9.17, 15) is 0 Å². The number of nitrogens with zero attached hydrogens (tertiary/aromatic N) is 3. The zero-order chi connectivity index (χ0) is 18.5. The van der Waals surface area contributed by atoms with Crippen LogP contribution in [0.3, 0.4) is 0 Å². The lowest BCUT2D eigenvalue weighted by Gasteiger charge is -2.13. The molecule has 0 spiro atoms. The predicted octanol–water partition coefficient (Wildman–Crippen LogP) is 4.35. The smallest absolute Gasteiger partial charge is 0.229 e. The summed E-state index contributed by atoms with van der Waals surface area (Å²) in [6, 6.07) is 17.7. The summed E-state index contributed by atoms with van der Waals surface area (Å²) in [5.74, 6) is 2.10. The molecule has 0 saturated heterocycles. The van der Waals surface area contributed by atoms with Gasteiger partial charge in [-0.3, -0.25) is 0 Å². The normalized spacial score (nSPS) is 10.3. The first-order valence-corrected chi connectivity index (χ1v) is 8.34. The molecule has 0 radical (unpaired) electrons. The number of aromatic nitrogens is 2. The fourth-order valence-electron chi connectivity index (χ4n) is 2.48. The molecule has 0 aliphatic rings. The second-order valence-corrected chi connectivity index (χ2v) is 6.14. The van der Waals surface area contributed by atoms with Crippen molar-refractivity contribution in [2.45, 2.75) is 6.92 Å². The highest BCUT2D eigenvalue weighted by Gasteiger charge is 2.04. The first-order valence-electron chi connectivity index (χ1n) is 8.34. The van der Waals surface area contributed by atoms with E-state index in [1.165, 1.54) is 0 Å². The predicted molar refractivity (Wildman–Crippen MR) is 107 cm³/mol. The Balaban J connectivity index is 1.76. The summed E-state index contributed by atoms with van der Waals surface area (Å²) in [6.07, 6.45) is 0. The van der Waals surface area contributed by atoms with Crippen LogP contribution in [-0.4, -0.2) is 31.2 Å². The number of aryl methyl sites for hydroxylation is 1. The van der Waals surface area contributed by atoms with Gasteiger partial charge in [0.05, 0.1) is 7.11 Å². The van der Waals surface area contributed by atoms with Crippen LogP contribution in [0.2, 0.25) is 0 Å². The Bertz CT molecular complexity index is 860. The van der Waals surface area contributed by atoms with Crippen LogP contribution >= 0.6 is 0 Å². The van der Waals surface area contributed by atoms with E-state index in [-0.39, 0.29) is 0 Å². The SMILES string of the molecule is COc1ccc(Nc2cc(C)nc(Nc3ccc(N(C)C)cc3)n2)cc1. The Morgan fingerprint density at radius 3 is 2.08 bits per heavy atom. The van der Waals surface area contributed by atoms with E-state index in [0.29, 0.717) is 5.95 Å². The Morgan fingerprint density at radius 1 is 0.846 bits per heavy atom. The molecule has 0 fully saturated rings. The third kappa shape index (κ3) is 4.42. The molecule has 2 N–H and O–H groups in total. The molecular formula is C20H23N5O. The number of nitrogens with one attached hydrogen (secondary N) is 2. The van der Waals surface area contributed by atoms with Crippen molar-refractivity contribution < 1.29 is 4.74 Å². The van der Waals surface area contributed by atoms with E-state index in [4.69, 9.17) is 4.74 Å². The first-order chi connectivity index (χ1) is 12.5. The molecule has 0 atom stereocenters. The van der Waals surface area contributed by atoms with E-state index in [0.717, 1.165) is 34.3 Å². The van der Waals surface area contributed by atoms with Crippen LogP contribution in [0.1, 0.15) is 5.69 Å². The zero-order valence-corrected chi connectivity index (χ0v) is 15.4. The molecule has 1 heterocycles. The van der Waals surface area contributed by atoms with Gasteiger partial charge in [0.2, 0.25) is 5.95 Å². The topological polar surface area (TPSA) is 62.3 Å². The number of rotatable bonds is 6. The molecule has 6 nitrogen and oxygen atoms in total. The summed E-state index contributed by atoms with van der Waals surface area (Å²) in [7, 11) is 5.69. The highest BCUT2D eigenvalue weighted by molar-refractivity contribution is 5.62.